The van der Waals surface area contributed by atoms with E-state index in [1.165, 1.54) is 6.07 Å². The summed E-state index contributed by atoms with van der Waals surface area (Å²) in [5.74, 6) is 0.751. The molecule has 3 aromatic rings. The van der Waals surface area contributed by atoms with Crippen LogP contribution < -0.4 is 15.2 Å². The van der Waals surface area contributed by atoms with Gasteiger partial charge in [0.1, 0.15) is 35.0 Å². The molecule has 2 aromatic heterocycles. The quantitative estimate of drug-likeness (QED) is 0.552. The molecule has 4 rings (SSSR count). The Morgan fingerprint density at radius 3 is 2.79 bits per heavy atom. The second-order valence-corrected chi connectivity index (χ2v) is 8.67. The molecule has 0 unspecified atom stereocenters. The molecule has 6 nitrogen and oxygen atoms in total. The normalized spacial score (nSPS) is 18.3. The van der Waals surface area contributed by atoms with E-state index in [-0.39, 0.29) is 23.4 Å². The number of hydrogen-bond donors (Lipinski definition) is 0. The monoisotopic (exact) mass is 448 g/mol. The third kappa shape index (κ3) is 4.56. The second-order valence-electron chi connectivity index (χ2n) is 8.67. The van der Waals surface area contributed by atoms with Crippen LogP contribution in [0.15, 0.2) is 41.2 Å². The number of piperidine rings is 1. The molecule has 3 heterocycles. The van der Waals surface area contributed by atoms with Crippen LogP contribution in [0.4, 0.5) is 10.1 Å². The maximum Gasteiger partial charge on any atom is 0.252 e. The lowest BCUT2D eigenvalue weighted by molar-refractivity contribution is 0.109. The largest absolute Gasteiger partial charge is 0.490 e. The minimum Gasteiger partial charge on any atom is -0.490 e. The Balaban J connectivity index is 1.60. The van der Waals surface area contributed by atoms with Gasteiger partial charge in [-0.3, -0.25) is 4.79 Å². The Labute approximate surface area is 193 Å². The molecule has 1 aromatic carbocycles. The molecule has 1 aliphatic heterocycles. The van der Waals surface area contributed by atoms with E-state index in [9.17, 15) is 14.4 Å². The number of anilines is 1. The van der Waals surface area contributed by atoms with Crippen LogP contribution in [0.3, 0.4) is 0 Å². The lowest BCUT2D eigenvalue weighted by Crippen LogP contribution is -2.46. The van der Waals surface area contributed by atoms with Gasteiger partial charge in [0.05, 0.1) is 11.2 Å². The molecule has 0 radical (unpaired) electrons. The van der Waals surface area contributed by atoms with E-state index in [1.54, 1.807) is 35.9 Å². The average molecular weight is 449 g/mol. The maximum absolute atomic E-state index is 14.0. The van der Waals surface area contributed by atoms with Crippen molar-refractivity contribution in [3.8, 4) is 11.8 Å². The van der Waals surface area contributed by atoms with Crippen molar-refractivity contribution in [1.82, 2.24) is 9.55 Å². The zero-order valence-corrected chi connectivity index (χ0v) is 19.3. The molecule has 0 spiro atoms. The van der Waals surface area contributed by atoms with Crippen LogP contribution >= 0.6 is 0 Å². The van der Waals surface area contributed by atoms with Crippen LogP contribution in [0.25, 0.3) is 11.0 Å². The summed E-state index contributed by atoms with van der Waals surface area (Å²) < 4.78 is 21.9. The van der Waals surface area contributed by atoms with Gasteiger partial charge in [-0.25, -0.2) is 9.37 Å². The first-order valence-corrected chi connectivity index (χ1v) is 11.6. The number of nitrogens with zero attached hydrogens (tertiary/aromatic N) is 4. The number of pyridine rings is 2. The standard InChI is InChI=1S/C26H29FN4O2/c1-4-6-18-13-20(8-9-21(18)27)33-24-11-12-31(16-17(24)5-2)23-14-25(32)30(3)22-10-7-19(15-28)29-26(22)23/h7-10,13-14,17,24H,4-6,11-12,16H2,1-3H3/t17-,24-/m1/s1. The smallest absolute Gasteiger partial charge is 0.252 e. The van der Waals surface area contributed by atoms with E-state index in [0.29, 0.717) is 47.6 Å². The van der Waals surface area contributed by atoms with Gasteiger partial charge in [-0.2, -0.15) is 5.26 Å². The van der Waals surface area contributed by atoms with Gasteiger partial charge >= 0.3 is 0 Å². The Morgan fingerprint density at radius 1 is 1.24 bits per heavy atom. The number of hydrogen-bond acceptors (Lipinski definition) is 5. The zero-order valence-electron chi connectivity index (χ0n) is 19.3. The molecule has 33 heavy (non-hydrogen) atoms. The van der Waals surface area contributed by atoms with Gasteiger partial charge in [-0.05, 0) is 48.7 Å². The van der Waals surface area contributed by atoms with Gasteiger partial charge in [-0.1, -0.05) is 20.3 Å². The zero-order chi connectivity index (χ0) is 23.5. The third-order valence-electron chi connectivity index (χ3n) is 6.54. The summed E-state index contributed by atoms with van der Waals surface area (Å²) in [5.41, 5.74) is 3.03. The van der Waals surface area contributed by atoms with Crippen molar-refractivity contribution in [3.63, 3.8) is 0 Å². The number of ether oxygens (including phenoxy) is 1. The van der Waals surface area contributed by atoms with E-state index in [0.717, 1.165) is 24.9 Å². The second kappa shape index (κ2) is 9.62. The molecule has 1 fully saturated rings. The Hall–Kier alpha value is -3.40. The lowest BCUT2D eigenvalue weighted by atomic mass is 9.91. The van der Waals surface area contributed by atoms with Gasteiger partial charge in [-0.15, -0.1) is 0 Å². The number of aromatic nitrogens is 2. The predicted molar refractivity (Wildman–Crippen MR) is 127 cm³/mol. The minimum atomic E-state index is -0.187. The van der Waals surface area contributed by atoms with Gasteiger partial charge in [0.25, 0.3) is 5.56 Å². The van der Waals surface area contributed by atoms with Gasteiger partial charge in [0.15, 0.2) is 0 Å². The fourth-order valence-corrected chi connectivity index (χ4v) is 4.65. The van der Waals surface area contributed by atoms with Crippen molar-refractivity contribution >= 4 is 16.7 Å². The van der Waals surface area contributed by atoms with Crippen molar-refractivity contribution in [2.45, 2.75) is 45.6 Å². The number of nitriles is 1. The molecule has 0 bridgehead atoms. The van der Waals surface area contributed by atoms with Crippen molar-refractivity contribution < 1.29 is 9.13 Å². The number of benzene rings is 1. The van der Waals surface area contributed by atoms with Crippen molar-refractivity contribution in [2.75, 3.05) is 18.0 Å². The number of aryl methyl sites for hydroxylation is 2. The molecule has 7 heteroatoms. The molecular formula is C26H29FN4O2. The fraction of sp³-hybridized carbons (Fsp3) is 0.423. The van der Waals surface area contributed by atoms with Crippen LogP contribution in [-0.2, 0) is 13.5 Å². The highest BCUT2D eigenvalue weighted by molar-refractivity contribution is 5.88. The first-order chi connectivity index (χ1) is 15.9. The first-order valence-electron chi connectivity index (χ1n) is 11.6. The van der Waals surface area contributed by atoms with Gasteiger partial charge < -0.3 is 14.2 Å². The Bertz CT molecular complexity index is 1260. The number of halogens is 1. The third-order valence-corrected chi connectivity index (χ3v) is 6.54. The van der Waals surface area contributed by atoms with E-state index in [1.807, 2.05) is 13.0 Å². The molecular weight excluding hydrogens is 419 g/mol. The summed E-state index contributed by atoms with van der Waals surface area (Å²) in [6, 6.07) is 12.1. The van der Waals surface area contributed by atoms with Gasteiger partial charge in [0, 0.05) is 38.5 Å². The summed E-state index contributed by atoms with van der Waals surface area (Å²) in [7, 11) is 1.71. The summed E-state index contributed by atoms with van der Waals surface area (Å²) in [6.07, 6.45) is 3.25. The summed E-state index contributed by atoms with van der Waals surface area (Å²) in [5, 5.41) is 9.31. The average Bonchev–Trinajstić information content (AvgIpc) is 2.83. The highest BCUT2D eigenvalue weighted by Gasteiger charge is 2.31. The highest BCUT2D eigenvalue weighted by Crippen LogP contribution is 2.32. The predicted octanol–water partition coefficient (Wildman–Crippen LogP) is 4.58. The molecule has 0 saturated carbocycles. The Morgan fingerprint density at radius 2 is 2.06 bits per heavy atom. The molecule has 0 amide bonds. The maximum atomic E-state index is 14.0. The summed E-state index contributed by atoms with van der Waals surface area (Å²) in [6.45, 7) is 5.58. The lowest BCUT2D eigenvalue weighted by Gasteiger charge is -2.39. The van der Waals surface area contributed by atoms with Crippen LogP contribution in [0.2, 0.25) is 0 Å². The van der Waals surface area contributed by atoms with E-state index < -0.39 is 0 Å². The fourth-order valence-electron chi connectivity index (χ4n) is 4.65. The SMILES string of the molecule is CCCc1cc(O[C@@H]2CCN(c3cc(=O)n(C)c4ccc(C#N)nc34)C[C@H]2CC)ccc1F. The van der Waals surface area contributed by atoms with Crippen LogP contribution in [0.5, 0.6) is 5.75 Å². The Kier molecular flexibility index (Phi) is 6.64. The molecule has 2 atom stereocenters. The van der Waals surface area contributed by atoms with Crippen LogP contribution in [-0.4, -0.2) is 28.7 Å². The van der Waals surface area contributed by atoms with Crippen molar-refractivity contribution in [1.29, 1.82) is 5.26 Å². The topological polar surface area (TPSA) is 71.2 Å². The number of rotatable bonds is 6. The molecule has 1 saturated heterocycles. The molecule has 0 aliphatic carbocycles. The molecule has 0 N–H and O–H groups in total. The van der Waals surface area contributed by atoms with Gasteiger partial charge in [0.2, 0.25) is 0 Å². The molecule has 172 valence electrons. The van der Waals surface area contributed by atoms with E-state index in [4.69, 9.17) is 4.74 Å². The first kappa shape index (κ1) is 22.8. The minimum absolute atomic E-state index is 0.00614. The number of fused-ring (bicyclic) bond motifs is 1. The van der Waals surface area contributed by atoms with E-state index >= 15 is 0 Å². The van der Waals surface area contributed by atoms with Crippen molar-refractivity contribution in [2.24, 2.45) is 13.0 Å². The highest BCUT2D eigenvalue weighted by atomic mass is 19.1. The summed E-state index contributed by atoms with van der Waals surface area (Å²) in [4.78, 5) is 19.3. The van der Waals surface area contributed by atoms with Crippen LogP contribution in [0.1, 0.15) is 44.4 Å². The van der Waals surface area contributed by atoms with Crippen molar-refractivity contribution in [3.05, 3.63) is 63.8 Å². The van der Waals surface area contributed by atoms with Crippen LogP contribution in [0, 0.1) is 23.1 Å². The van der Waals surface area contributed by atoms with E-state index in [2.05, 4.69) is 22.9 Å². The molecule has 1 aliphatic rings. The summed E-state index contributed by atoms with van der Waals surface area (Å²) >= 11 is 0.